The van der Waals surface area contributed by atoms with Crippen LogP contribution >= 0.6 is 22.9 Å². The highest BCUT2D eigenvalue weighted by Gasteiger charge is 2.47. The number of aliphatic imine (C=N–C) groups is 1. The van der Waals surface area contributed by atoms with Gasteiger partial charge in [0.1, 0.15) is 12.2 Å². The molecule has 202 valence electrons. The van der Waals surface area contributed by atoms with Gasteiger partial charge in [0.15, 0.2) is 10.8 Å². The molecule has 0 radical (unpaired) electrons. The molecular formula is C26H28ClFN4O5S. The standard InChI is InChI=1S/C26H28ClFN4O5S/c1-2-37-26(35)21-18(11-32-15-9-14(10-20(33)34)22(28)19(32)13-36-12-15)30-24(25-29-7-8-38-25)31-23(21)16-5-3-4-6-17(16)27/h3-8,14-15,19,22-23H,2,9-13H2,1H3,(H,30,31)(H,33,34)/t14-,15+,19+,22?,23+/m1/s1. The largest absolute Gasteiger partial charge is 0.481 e. The van der Waals surface area contributed by atoms with Gasteiger partial charge in [-0.05, 0) is 19.4 Å². The number of thiazole rings is 1. The molecule has 3 aliphatic heterocycles. The minimum atomic E-state index is -1.38. The molecule has 3 aliphatic rings. The first kappa shape index (κ1) is 26.7. The number of benzene rings is 1. The van der Waals surface area contributed by atoms with Crippen molar-refractivity contribution in [2.75, 3.05) is 26.4 Å². The normalized spacial score (nSPS) is 27.4. The Bertz CT molecular complexity index is 1260. The number of ether oxygens (including phenoxy) is 2. The van der Waals surface area contributed by atoms with Crippen LogP contribution in [0.5, 0.6) is 0 Å². The van der Waals surface area contributed by atoms with Crippen molar-refractivity contribution in [3.05, 3.63) is 62.7 Å². The van der Waals surface area contributed by atoms with Crippen LogP contribution in [-0.4, -0.2) is 77.4 Å². The minimum Gasteiger partial charge on any atom is -0.481 e. The van der Waals surface area contributed by atoms with Crippen molar-refractivity contribution >= 4 is 40.7 Å². The van der Waals surface area contributed by atoms with E-state index in [2.05, 4.69) is 10.3 Å². The Balaban J connectivity index is 1.56. The second kappa shape index (κ2) is 11.5. The molecule has 0 spiro atoms. The molecule has 1 aromatic carbocycles. The summed E-state index contributed by atoms with van der Waals surface area (Å²) in [5.41, 5.74) is 1.45. The number of aliphatic carboxylic acids is 1. The number of hydrogen-bond acceptors (Lipinski definition) is 9. The molecule has 1 aromatic heterocycles. The number of halogens is 2. The first-order valence-corrected chi connectivity index (χ1v) is 13.7. The smallest absolute Gasteiger partial charge is 0.338 e. The fourth-order valence-corrected chi connectivity index (χ4v) is 6.28. The average Bonchev–Trinajstić information content (AvgIpc) is 3.43. The predicted molar refractivity (Wildman–Crippen MR) is 140 cm³/mol. The number of amidine groups is 1. The molecule has 4 heterocycles. The Labute approximate surface area is 228 Å². The number of carboxylic acid groups (broad SMARTS) is 1. The van der Waals surface area contributed by atoms with Crippen molar-refractivity contribution in [1.82, 2.24) is 15.2 Å². The molecule has 38 heavy (non-hydrogen) atoms. The van der Waals surface area contributed by atoms with Gasteiger partial charge in [-0.3, -0.25) is 14.7 Å². The molecule has 5 rings (SSSR count). The lowest BCUT2D eigenvalue weighted by atomic mass is 9.81. The first-order valence-electron chi connectivity index (χ1n) is 12.5. The Morgan fingerprint density at radius 2 is 2.16 bits per heavy atom. The van der Waals surface area contributed by atoms with Crippen molar-refractivity contribution < 1.29 is 28.6 Å². The number of carboxylic acids is 1. The van der Waals surface area contributed by atoms with E-state index in [-0.39, 0.29) is 32.2 Å². The van der Waals surface area contributed by atoms with Crippen LogP contribution in [0.15, 0.2) is 52.1 Å². The first-order chi connectivity index (χ1) is 18.4. The van der Waals surface area contributed by atoms with Gasteiger partial charge in [0.2, 0.25) is 0 Å². The lowest BCUT2D eigenvalue weighted by molar-refractivity contribution is -0.146. The highest BCUT2D eigenvalue weighted by Crippen LogP contribution is 2.39. The van der Waals surface area contributed by atoms with Gasteiger partial charge in [0.25, 0.3) is 0 Å². The molecule has 12 heteroatoms. The van der Waals surface area contributed by atoms with Gasteiger partial charge in [0, 0.05) is 46.4 Å². The van der Waals surface area contributed by atoms with Crippen LogP contribution in [0.2, 0.25) is 5.02 Å². The molecular weight excluding hydrogens is 535 g/mol. The summed E-state index contributed by atoms with van der Waals surface area (Å²) in [5.74, 6) is -1.67. The van der Waals surface area contributed by atoms with E-state index in [1.807, 2.05) is 22.4 Å². The summed E-state index contributed by atoms with van der Waals surface area (Å²) in [7, 11) is 0. The van der Waals surface area contributed by atoms with Gasteiger partial charge in [0.05, 0.1) is 37.9 Å². The zero-order valence-electron chi connectivity index (χ0n) is 20.7. The summed E-state index contributed by atoms with van der Waals surface area (Å²) in [6.07, 6.45) is 0.394. The maximum atomic E-state index is 15.6. The Morgan fingerprint density at radius 3 is 2.87 bits per heavy atom. The number of rotatable bonds is 8. The summed E-state index contributed by atoms with van der Waals surface area (Å²) in [6, 6.07) is 5.57. The molecule has 0 amide bonds. The second-order valence-corrected chi connectivity index (χ2v) is 10.7. The molecule has 0 saturated carbocycles. The highest BCUT2D eigenvalue weighted by atomic mass is 35.5. The third-order valence-corrected chi connectivity index (χ3v) is 8.24. The van der Waals surface area contributed by atoms with E-state index in [1.54, 1.807) is 25.3 Å². The number of piperidine rings is 1. The minimum absolute atomic E-state index is 0.136. The molecule has 0 aliphatic carbocycles. The number of carbonyl (C=O) groups is 2. The van der Waals surface area contributed by atoms with Crippen LogP contribution in [0.25, 0.3) is 0 Å². The number of morpholine rings is 1. The monoisotopic (exact) mass is 562 g/mol. The van der Waals surface area contributed by atoms with Gasteiger partial charge >= 0.3 is 11.9 Å². The Morgan fingerprint density at radius 1 is 1.34 bits per heavy atom. The van der Waals surface area contributed by atoms with Crippen molar-refractivity contribution in [3.8, 4) is 0 Å². The second-order valence-electron chi connectivity index (χ2n) is 9.45. The topological polar surface area (TPSA) is 113 Å². The third-order valence-electron chi connectivity index (χ3n) is 7.12. The van der Waals surface area contributed by atoms with E-state index < -0.39 is 36.1 Å². The highest BCUT2D eigenvalue weighted by molar-refractivity contribution is 7.11. The van der Waals surface area contributed by atoms with Crippen molar-refractivity contribution in [1.29, 1.82) is 0 Å². The van der Waals surface area contributed by atoms with Crippen molar-refractivity contribution in [2.24, 2.45) is 10.9 Å². The van der Waals surface area contributed by atoms with Crippen LogP contribution in [0.3, 0.4) is 0 Å². The maximum absolute atomic E-state index is 15.6. The van der Waals surface area contributed by atoms with Crippen LogP contribution < -0.4 is 5.32 Å². The fraction of sp³-hybridized carbons (Fsp3) is 0.462. The van der Waals surface area contributed by atoms with E-state index in [0.717, 1.165) is 0 Å². The number of carbonyl (C=O) groups excluding carboxylic acids is 1. The summed E-state index contributed by atoms with van der Waals surface area (Å²) in [5, 5.41) is 15.5. The SMILES string of the molecule is CCOC(=O)C1=C(CN2[C@@H]3COC[C@H]2C(F)[C@@H](CC(=O)O)C3)NC(c2nccs2)=N[C@H]1c1ccccc1Cl. The van der Waals surface area contributed by atoms with Gasteiger partial charge in [-0.25, -0.2) is 14.2 Å². The maximum Gasteiger partial charge on any atom is 0.338 e. The predicted octanol–water partition coefficient (Wildman–Crippen LogP) is 3.61. The summed E-state index contributed by atoms with van der Waals surface area (Å²) >= 11 is 7.97. The van der Waals surface area contributed by atoms with Gasteiger partial charge in [-0.15, -0.1) is 11.3 Å². The summed E-state index contributed by atoms with van der Waals surface area (Å²) in [4.78, 5) is 35.9. The van der Waals surface area contributed by atoms with Crippen LogP contribution in [0.4, 0.5) is 4.39 Å². The van der Waals surface area contributed by atoms with Gasteiger partial charge in [-0.2, -0.15) is 0 Å². The van der Waals surface area contributed by atoms with Crippen molar-refractivity contribution in [3.63, 3.8) is 0 Å². The van der Waals surface area contributed by atoms with Gasteiger partial charge < -0.3 is 19.9 Å². The molecule has 9 nitrogen and oxygen atoms in total. The molecule has 2 bridgehead atoms. The zero-order valence-corrected chi connectivity index (χ0v) is 22.3. The number of nitrogens with one attached hydrogen (secondary N) is 1. The zero-order chi connectivity index (χ0) is 26.8. The summed E-state index contributed by atoms with van der Waals surface area (Å²) < 4.78 is 26.7. The number of aromatic nitrogens is 1. The average molecular weight is 563 g/mol. The van der Waals surface area contributed by atoms with E-state index in [9.17, 15) is 14.7 Å². The van der Waals surface area contributed by atoms with Crippen LogP contribution in [0, 0.1) is 5.92 Å². The third kappa shape index (κ3) is 5.33. The number of fused-ring (bicyclic) bond motifs is 2. The number of alkyl halides is 1. The van der Waals surface area contributed by atoms with E-state index in [0.29, 0.717) is 45.7 Å². The van der Waals surface area contributed by atoms with E-state index in [1.165, 1.54) is 11.3 Å². The molecule has 1 unspecified atom stereocenters. The molecule has 2 N–H and O–H groups in total. The lowest BCUT2D eigenvalue weighted by Gasteiger charge is -2.50. The lowest BCUT2D eigenvalue weighted by Crippen LogP contribution is -2.63. The van der Waals surface area contributed by atoms with Crippen LogP contribution in [0.1, 0.15) is 36.4 Å². The quantitative estimate of drug-likeness (QED) is 0.469. The summed E-state index contributed by atoms with van der Waals surface area (Å²) in [6.45, 7) is 2.57. The number of hydrogen-bond donors (Lipinski definition) is 2. The molecule has 5 atom stereocenters. The number of esters is 1. The Kier molecular flexibility index (Phi) is 8.08. The number of nitrogens with zero attached hydrogens (tertiary/aromatic N) is 3. The fourth-order valence-electron chi connectivity index (χ4n) is 5.45. The molecule has 2 fully saturated rings. The van der Waals surface area contributed by atoms with E-state index in [4.69, 9.17) is 26.1 Å². The molecule has 2 aromatic rings. The van der Waals surface area contributed by atoms with Crippen molar-refractivity contribution in [2.45, 2.75) is 44.1 Å². The molecule has 2 saturated heterocycles. The van der Waals surface area contributed by atoms with E-state index >= 15 is 4.39 Å². The van der Waals surface area contributed by atoms with Crippen LogP contribution in [-0.2, 0) is 19.1 Å². The Hall–Kier alpha value is -2.86. The van der Waals surface area contributed by atoms with Gasteiger partial charge in [-0.1, -0.05) is 29.8 Å².